The van der Waals surface area contributed by atoms with Gasteiger partial charge in [-0.05, 0) is 32.7 Å². The number of carboxylic acids is 1. The van der Waals surface area contributed by atoms with Crippen molar-refractivity contribution in [1.82, 2.24) is 4.90 Å². The zero-order valence-corrected chi connectivity index (χ0v) is 10.1. The molecule has 1 aliphatic rings. The predicted octanol–water partition coefficient (Wildman–Crippen LogP) is 2.36. The third-order valence-electron chi connectivity index (χ3n) is 3.78. The van der Waals surface area contributed by atoms with Gasteiger partial charge in [-0.1, -0.05) is 20.3 Å². The molecule has 1 N–H and O–H groups in total. The normalized spacial score (nSPS) is 29.3. The summed E-state index contributed by atoms with van der Waals surface area (Å²) < 4.78 is 0. The van der Waals surface area contributed by atoms with Crippen LogP contribution in [0.2, 0.25) is 0 Å². The zero-order chi connectivity index (χ0) is 11.5. The molecule has 0 radical (unpaired) electrons. The molecule has 2 atom stereocenters. The van der Waals surface area contributed by atoms with E-state index in [2.05, 4.69) is 25.7 Å². The number of nitrogens with zero attached hydrogens (tertiary/aromatic N) is 1. The first-order valence-corrected chi connectivity index (χ1v) is 6.03. The molecule has 0 aromatic rings. The summed E-state index contributed by atoms with van der Waals surface area (Å²) >= 11 is 0. The van der Waals surface area contributed by atoms with Crippen LogP contribution in [0.4, 0.5) is 0 Å². The highest BCUT2D eigenvalue weighted by Gasteiger charge is 2.44. The van der Waals surface area contributed by atoms with Gasteiger partial charge in [0.15, 0.2) is 0 Å². The van der Waals surface area contributed by atoms with Crippen LogP contribution in [-0.2, 0) is 4.79 Å². The standard InChI is InChI=1S/C12H23NO2/c1-4-6-12(11(14)15)7-8-13(9-12)10(3)5-2/h10H,4-9H2,1-3H3,(H,14,15). The Morgan fingerprint density at radius 3 is 2.67 bits per heavy atom. The molecule has 3 heteroatoms. The van der Waals surface area contributed by atoms with Gasteiger partial charge in [-0.25, -0.2) is 0 Å². The number of likely N-dealkylation sites (tertiary alicyclic amines) is 1. The lowest BCUT2D eigenvalue weighted by Crippen LogP contribution is -2.37. The van der Waals surface area contributed by atoms with Crippen molar-refractivity contribution in [2.45, 2.75) is 52.5 Å². The second-order valence-corrected chi connectivity index (χ2v) is 4.81. The Bertz CT molecular complexity index is 230. The van der Waals surface area contributed by atoms with Gasteiger partial charge < -0.3 is 5.11 Å². The Kier molecular flexibility index (Phi) is 4.14. The minimum absolute atomic E-state index is 0.460. The van der Waals surface area contributed by atoms with Crippen molar-refractivity contribution in [2.75, 3.05) is 13.1 Å². The Morgan fingerprint density at radius 1 is 1.53 bits per heavy atom. The molecule has 1 saturated heterocycles. The van der Waals surface area contributed by atoms with Crippen molar-refractivity contribution in [3.8, 4) is 0 Å². The number of hydrogen-bond donors (Lipinski definition) is 1. The van der Waals surface area contributed by atoms with Gasteiger partial charge in [0.25, 0.3) is 0 Å². The van der Waals surface area contributed by atoms with Gasteiger partial charge in [0, 0.05) is 12.6 Å². The monoisotopic (exact) mass is 213 g/mol. The lowest BCUT2D eigenvalue weighted by Gasteiger charge is -2.27. The van der Waals surface area contributed by atoms with Gasteiger partial charge in [0.1, 0.15) is 0 Å². The summed E-state index contributed by atoms with van der Waals surface area (Å²) in [5, 5.41) is 9.34. The Balaban J connectivity index is 2.67. The number of aliphatic carboxylic acids is 1. The molecule has 88 valence electrons. The Morgan fingerprint density at radius 2 is 2.20 bits per heavy atom. The Hall–Kier alpha value is -0.570. The van der Waals surface area contributed by atoms with E-state index in [0.29, 0.717) is 6.04 Å². The van der Waals surface area contributed by atoms with Crippen LogP contribution in [0.1, 0.15) is 46.5 Å². The fraction of sp³-hybridized carbons (Fsp3) is 0.917. The molecule has 0 saturated carbocycles. The van der Waals surface area contributed by atoms with Crippen LogP contribution in [0, 0.1) is 5.41 Å². The zero-order valence-electron chi connectivity index (χ0n) is 10.1. The first-order valence-electron chi connectivity index (χ1n) is 6.03. The van der Waals surface area contributed by atoms with Crippen LogP contribution in [0.5, 0.6) is 0 Å². The van der Waals surface area contributed by atoms with E-state index in [0.717, 1.165) is 38.8 Å². The van der Waals surface area contributed by atoms with E-state index in [-0.39, 0.29) is 0 Å². The first kappa shape index (κ1) is 12.5. The molecule has 15 heavy (non-hydrogen) atoms. The van der Waals surface area contributed by atoms with Crippen molar-refractivity contribution < 1.29 is 9.90 Å². The van der Waals surface area contributed by atoms with E-state index in [9.17, 15) is 9.90 Å². The topological polar surface area (TPSA) is 40.5 Å². The highest BCUT2D eigenvalue weighted by atomic mass is 16.4. The molecular weight excluding hydrogens is 190 g/mol. The average molecular weight is 213 g/mol. The van der Waals surface area contributed by atoms with Gasteiger partial charge >= 0.3 is 5.97 Å². The van der Waals surface area contributed by atoms with Gasteiger partial charge in [0.05, 0.1) is 5.41 Å². The second-order valence-electron chi connectivity index (χ2n) is 4.81. The summed E-state index contributed by atoms with van der Waals surface area (Å²) in [6, 6.07) is 0.517. The molecule has 1 aliphatic heterocycles. The van der Waals surface area contributed by atoms with Gasteiger partial charge in [-0.2, -0.15) is 0 Å². The number of hydrogen-bond acceptors (Lipinski definition) is 2. The van der Waals surface area contributed by atoms with Crippen molar-refractivity contribution in [3.05, 3.63) is 0 Å². The summed E-state index contributed by atoms with van der Waals surface area (Å²) in [5.41, 5.74) is -0.460. The molecule has 3 nitrogen and oxygen atoms in total. The molecule has 1 rings (SSSR count). The SMILES string of the molecule is CCCC1(C(=O)O)CCN(C(C)CC)C1. The molecule has 0 amide bonds. The van der Waals surface area contributed by atoms with Crippen molar-refractivity contribution >= 4 is 5.97 Å². The van der Waals surface area contributed by atoms with Gasteiger partial charge in [-0.3, -0.25) is 9.69 Å². The quantitative estimate of drug-likeness (QED) is 0.762. The average Bonchev–Trinajstić information content (AvgIpc) is 2.63. The summed E-state index contributed by atoms with van der Waals surface area (Å²) in [5.74, 6) is -0.602. The maximum Gasteiger partial charge on any atom is 0.310 e. The van der Waals surface area contributed by atoms with Crippen LogP contribution in [0.15, 0.2) is 0 Å². The molecule has 0 aliphatic carbocycles. The maximum atomic E-state index is 11.3. The lowest BCUT2D eigenvalue weighted by atomic mass is 9.83. The summed E-state index contributed by atoms with van der Waals surface area (Å²) in [7, 11) is 0. The molecule has 0 aromatic carbocycles. The van der Waals surface area contributed by atoms with E-state index in [1.165, 1.54) is 0 Å². The highest BCUT2D eigenvalue weighted by Crippen LogP contribution is 2.36. The fourth-order valence-corrected chi connectivity index (χ4v) is 2.50. The molecule has 2 unspecified atom stereocenters. The summed E-state index contributed by atoms with van der Waals surface area (Å²) in [6.07, 6.45) is 3.69. The summed E-state index contributed by atoms with van der Waals surface area (Å²) in [4.78, 5) is 13.7. The molecule has 0 aromatic heterocycles. The molecule has 0 bridgehead atoms. The van der Waals surface area contributed by atoms with Crippen LogP contribution in [0.25, 0.3) is 0 Å². The summed E-state index contributed by atoms with van der Waals surface area (Å²) in [6.45, 7) is 8.10. The van der Waals surface area contributed by atoms with E-state index < -0.39 is 11.4 Å². The third kappa shape index (κ3) is 2.51. The highest BCUT2D eigenvalue weighted by molar-refractivity contribution is 5.75. The van der Waals surface area contributed by atoms with E-state index in [4.69, 9.17) is 0 Å². The third-order valence-corrected chi connectivity index (χ3v) is 3.78. The van der Waals surface area contributed by atoms with Crippen LogP contribution >= 0.6 is 0 Å². The smallest absolute Gasteiger partial charge is 0.310 e. The van der Waals surface area contributed by atoms with E-state index in [1.54, 1.807) is 0 Å². The second kappa shape index (κ2) is 4.97. The van der Waals surface area contributed by atoms with Crippen molar-refractivity contribution in [3.63, 3.8) is 0 Å². The molecule has 1 fully saturated rings. The number of carbonyl (C=O) groups is 1. The molecular formula is C12H23NO2. The largest absolute Gasteiger partial charge is 0.481 e. The van der Waals surface area contributed by atoms with Crippen LogP contribution < -0.4 is 0 Å². The molecule has 0 spiro atoms. The predicted molar refractivity (Wildman–Crippen MR) is 60.9 cm³/mol. The fourth-order valence-electron chi connectivity index (χ4n) is 2.50. The van der Waals surface area contributed by atoms with Gasteiger partial charge in [-0.15, -0.1) is 0 Å². The molecule has 1 heterocycles. The maximum absolute atomic E-state index is 11.3. The first-order chi connectivity index (χ1) is 7.05. The number of carboxylic acid groups (broad SMARTS) is 1. The van der Waals surface area contributed by atoms with Crippen molar-refractivity contribution in [2.24, 2.45) is 5.41 Å². The minimum atomic E-state index is -0.602. The lowest BCUT2D eigenvalue weighted by molar-refractivity contribution is -0.148. The Labute approximate surface area is 92.5 Å². The van der Waals surface area contributed by atoms with Crippen LogP contribution in [-0.4, -0.2) is 35.1 Å². The van der Waals surface area contributed by atoms with E-state index >= 15 is 0 Å². The van der Waals surface area contributed by atoms with Crippen molar-refractivity contribution in [1.29, 1.82) is 0 Å². The van der Waals surface area contributed by atoms with Gasteiger partial charge in [0.2, 0.25) is 0 Å². The number of rotatable bonds is 5. The minimum Gasteiger partial charge on any atom is -0.481 e. The van der Waals surface area contributed by atoms with Crippen LogP contribution in [0.3, 0.4) is 0 Å². The van der Waals surface area contributed by atoms with E-state index in [1.807, 2.05) is 0 Å².